The molecule has 0 unspecified atom stereocenters. The summed E-state index contributed by atoms with van der Waals surface area (Å²) in [5.41, 5.74) is 1.79. The fourth-order valence-corrected chi connectivity index (χ4v) is 2.11. The summed E-state index contributed by atoms with van der Waals surface area (Å²) in [7, 11) is 1.50. The number of ether oxygens (including phenoxy) is 1. The van der Waals surface area contributed by atoms with Gasteiger partial charge in [0.15, 0.2) is 11.5 Å². The number of aliphatic carboxylic acids is 1. The number of hydrogen-bond acceptors (Lipinski definition) is 3. The molecule has 4 heteroatoms. The summed E-state index contributed by atoms with van der Waals surface area (Å²) in [4.78, 5) is 10.9. The summed E-state index contributed by atoms with van der Waals surface area (Å²) < 4.78 is 5.20. The minimum Gasteiger partial charge on any atom is -0.504 e. The van der Waals surface area contributed by atoms with Gasteiger partial charge in [0.2, 0.25) is 0 Å². The predicted octanol–water partition coefficient (Wildman–Crippen LogP) is 2.77. The maximum Gasteiger partial charge on any atom is 0.304 e. The Morgan fingerprint density at radius 3 is 2.39 bits per heavy atom. The Bertz CT molecular complexity index is 475. The average molecular weight is 252 g/mol. The fraction of sp³-hybridized carbons (Fsp3) is 0.500. The summed E-state index contributed by atoms with van der Waals surface area (Å²) in [6.07, 6.45) is -0.0494. The van der Waals surface area contributed by atoms with E-state index in [-0.39, 0.29) is 12.2 Å². The van der Waals surface area contributed by atoms with Crippen LogP contribution < -0.4 is 4.74 Å². The lowest BCUT2D eigenvalue weighted by atomic mass is 9.79. The Hall–Kier alpha value is -1.71. The maximum absolute atomic E-state index is 10.9. The van der Waals surface area contributed by atoms with Crippen LogP contribution in [-0.2, 0) is 10.2 Å². The number of phenolic OH excluding ortho intramolecular Hbond substituents is 1. The molecule has 0 saturated carbocycles. The second-order valence-corrected chi connectivity index (χ2v) is 5.20. The van der Waals surface area contributed by atoms with Crippen molar-refractivity contribution in [1.82, 2.24) is 0 Å². The van der Waals surface area contributed by atoms with E-state index >= 15 is 0 Å². The molecule has 0 heterocycles. The topological polar surface area (TPSA) is 66.8 Å². The zero-order chi connectivity index (χ0) is 14.1. The van der Waals surface area contributed by atoms with Crippen molar-refractivity contribution in [2.45, 2.75) is 39.5 Å². The number of rotatable bonds is 4. The van der Waals surface area contributed by atoms with E-state index in [9.17, 15) is 9.90 Å². The minimum atomic E-state index is -0.892. The number of aryl methyl sites for hydroxylation is 1. The molecule has 0 radical (unpaired) electrons. The molecule has 0 fully saturated rings. The van der Waals surface area contributed by atoms with E-state index in [0.29, 0.717) is 11.3 Å². The number of carbonyl (C=O) groups is 1. The van der Waals surface area contributed by atoms with Crippen LogP contribution >= 0.6 is 0 Å². The highest BCUT2D eigenvalue weighted by Gasteiger charge is 2.29. The van der Waals surface area contributed by atoms with Gasteiger partial charge in [0.1, 0.15) is 0 Å². The van der Waals surface area contributed by atoms with Crippen molar-refractivity contribution in [2.24, 2.45) is 0 Å². The molecule has 0 aliphatic heterocycles. The third-order valence-corrected chi connectivity index (χ3v) is 3.29. The van der Waals surface area contributed by atoms with Gasteiger partial charge in [0.05, 0.1) is 13.5 Å². The van der Waals surface area contributed by atoms with Gasteiger partial charge in [-0.05, 0) is 25.0 Å². The first-order valence-corrected chi connectivity index (χ1v) is 5.80. The van der Waals surface area contributed by atoms with Gasteiger partial charge in [-0.15, -0.1) is 0 Å². The van der Waals surface area contributed by atoms with Crippen LogP contribution in [0.3, 0.4) is 0 Å². The third kappa shape index (κ3) is 2.58. The third-order valence-electron chi connectivity index (χ3n) is 3.29. The smallest absolute Gasteiger partial charge is 0.304 e. The van der Waals surface area contributed by atoms with E-state index in [1.165, 1.54) is 7.11 Å². The maximum atomic E-state index is 10.9. The van der Waals surface area contributed by atoms with E-state index < -0.39 is 11.4 Å². The van der Waals surface area contributed by atoms with E-state index in [1.807, 2.05) is 19.9 Å². The number of carboxylic acids is 1. The molecule has 0 aliphatic rings. The second-order valence-electron chi connectivity index (χ2n) is 5.20. The zero-order valence-corrected chi connectivity index (χ0v) is 11.5. The van der Waals surface area contributed by atoms with Crippen LogP contribution in [0.15, 0.2) is 6.07 Å². The number of phenols is 1. The highest BCUT2D eigenvalue weighted by Crippen LogP contribution is 2.42. The van der Waals surface area contributed by atoms with Crippen LogP contribution in [0.2, 0.25) is 0 Å². The summed E-state index contributed by atoms with van der Waals surface area (Å²) >= 11 is 0. The zero-order valence-electron chi connectivity index (χ0n) is 11.5. The molecule has 0 amide bonds. The van der Waals surface area contributed by atoms with Crippen LogP contribution in [0.1, 0.15) is 37.0 Å². The number of aromatic hydroxyl groups is 1. The summed E-state index contributed by atoms with van der Waals surface area (Å²) in [5, 5.41) is 19.2. The van der Waals surface area contributed by atoms with E-state index in [4.69, 9.17) is 9.84 Å². The Labute approximate surface area is 107 Å². The summed E-state index contributed by atoms with van der Waals surface area (Å²) in [5.74, 6) is -0.438. The van der Waals surface area contributed by atoms with Crippen molar-refractivity contribution >= 4 is 5.97 Å². The standard InChI is InChI=1S/C14H20O4/c1-8-6-10(14(3,4)7-11(15)16)12(17)13(18-5)9(8)2/h6,17H,7H2,1-5H3,(H,15,16). The number of carboxylic acid groups (broad SMARTS) is 1. The van der Waals surface area contributed by atoms with Gasteiger partial charge in [0, 0.05) is 11.0 Å². The van der Waals surface area contributed by atoms with Gasteiger partial charge in [-0.2, -0.15) is 0 Å². The Kier molecular flexibility index (Phi) is 3.89. The van der Waals surface area contributed by atoms with Crippen molar-refractivity contribution in [2.75, 3.05) is 7.11 Å². The van der Waals surface area contributed by atoms with Crippen LogP contribution in [0, 0.1) is 13.8 Å². The lowest BCUT2D eigenvalue weighted by Gasteiger charge is -2.26. The van der Waals surface area contributed by atoms with Gasteiger partial charge < -0.3 is 14.9 Å². The Morgan fingerprint density at radius 2 is 1.94 bits per heavy atom. The molecule has 0 saturated heterocycles. The van der Waals surface area contributed by atoms with Gasteiger partial charge in [-0.3, -0.25) is 4.79 Å². The molecule has 18 heavy (non-hydrogen) atoms. The summed E-state index contributed by atoms with van der Waals surface area (Å²) in [6, 6.07) is 1.83. The first kappa shape index (κ1) is 14.4. The Morgan fingerprint density at radius 1 is 1.39 bits per heavy atom. The van der Waals surface area contributed by atoms with Crippen molar-refractivity contribution in [1.29, 1.82) is 0 Å². The quantitative estimate of drug-likeness (QED) is 0.864. The van der Waals surface area contributed by atoms with Crippen molar-refractivity contribution < 1.29 is 19.7 Å². The molecular formula is C14H20O4. The molecular weight excluding hydrogens is 232 g/mol. The number of hydrogen-bond donors (Lipinski definition) is 2. The van der Waals surface area contributed by atoms with Crippen LogP contribution in [0.4, 0.5) is 0 Å². The molecule has 0 atom stereocenters. The lowest BCUT2D eigenvalue weighted by molar-refractivity contribution is -0.138. The second kappa shape index (κ2) is 4.88. The minimum absolute atomic E-state index is 0.0341. The van der Waals surface area contributed by atoms with E-state index in [0.717, 1.165) is 11.1 Å². The molecule has 2 N–H and O–H groups in total. The molecule has 0 bridgehead atoms. The molecule has 100 valence electrons. The number of benzene rings is 1. The molecule has 0 aromatic heterocycles. The van der Waals surface area contributed by atoms with Gasteiger partial charge in [-0.25, -0.2) is 0 Å². The predicted molar refractivity (Wildman–Crippen MR) is 69.4 cm³/mol. The molecule has 1 rings (SSSR count). The summed E-state index contributed by atoms with van der Waals surface area (Å²) in [6.45, 7) is 7.37. The average Bonchev–Trinajstić information content (AvgIpc) is 2.22. The fourth-order valence-electron chi connectivity index (χ4n) is 2.11. The highest BCUT2D eigenvalue weighted by atomic mass is 16.5. The molecule has 1 aromatic rings. The Balaban J connectivity index is 3.42. The van der Waals surface area contributed by atoms with E-state index in [1.54, 1.807) is 13.8 Å². The van der Waals surface area contributed by atoms with Crippen molar-refractivity contribution in [3.8, 4) is 11.5 Å². The van der Waals surface area contributed by atoms with Crippen LogP contribution in [0.5, 0.6) is 11.5 Å². The molecule has 0 spiro atoms. The van der Waals surface area contributed by atoms with Crippen molar-refractivity contribution in [3.05, 3.63) is 22.8 Å². The molecule has 1 aromatic carbocycles. The largest absolute Gasteiger partial charge is 0.504 e. The monoisotopic (exact) mass is 252 g/mol. The lowest BCUT2D eigenvalue weighted by Crippen LogP contribution is -2.22. The van der Waals surface area contributed by atoms with Gasteiger partial charge in [-0.1, -0.05) is 19.9 Å². The SMILES string of the molecule is COc1c(C)c(C)cc(C(C)(C)CC(=O)O)c1O. The molecule has 0 aliphatic carbocycles. The van der Waals surface area contributed by atoms with Crippen molar-refractivity contribution in [3.63, 3.8) is 0 Å². The number of methoxy groups -OCH3 is 1. The first-order valence-electron chi connectivity index (χ1n) is 5.80. The van der Waals surface area contributed by atoms with E-state index in [2.05, 4.69) is 0 Å². The van der Waals surface area contributed by atoms with Gasteiger partial charge >= 0.3 is 5.97 Å². The van der Waals surface area contributed by atoms with Crippen LogP contribution in [-0.4, -0.2) is 23.3 Å². The molecule has 4 nitrogen and oxygen atoms in total. The first-order chi connectivity index (χ1) is 8.20. The normalized spacial score (nSPS) is 11.4. The van der Waals surface area contributed by atoms with Gasteiger partial charge in [0.25, 0.3) is 0 Å². The van der Waals surface area contributed by atoms with Crippen LogP contribution in [0.25, 0.3) is 0 Å². The highest BCUT2D eigenvalue weighted by molar-refractivity contribution is 5.70.